The van der Waals surface area contributed by atoms with E-state index in [1.165, 1.54) is 0 Å². The second-order valence-electron chi connectivity index (χ2n) is 1.19. The van der Waals surface area contributed by atoms with Crippen LogP contribution in [0.2, 0.25) is 0 Å². The molecule has 0 heterocycles. The van der Waals surface area contributed by atoms with Gasteiger partial charge in [-0.1, -0.05) is 0 Å². The number of phosphoric acid groups is 2. The summed E-state index contributed by atoms with van der Waals surface area (Å²) in [7, 11) is -9.95. The Bertz CT molecular complexity index is 198. The summed E-state index contributed by atoms with van der Waals surface area (Å²) in [6, 6.07) is 0. The molecule has 0 spiro atoms. The Balaban J connectivity index is 3.91. The molecule has 0 bridgehead atoms. The molecule has 0 amide bonds. The average molecular weight is 210 g/mol. The third-order valence-corrected chi connectivity index (χ3v) is 1.18. The van der Waals surface area contributed by atoms with Crippen LogP contribution >= 0.6 is 15.6 Å². The first-order valence-corrected chi connectivity index (χ1v) is 4.89. The Labute approximate surface area is 59.8 Å². The fraction of sp³-hybridized carbons (Fsp3) is 0. The number of hydrogen-bond donors (Lipinski definition) is 4. The normalized spacial score (nSPS) is 17.8. The van der Waals surface area contributed by atoms with Crippen molar-refractivity contribution in [2.45, 2.75) is 0 Å². The lowest BCUT2D eigenvalue weighted by Crippen LogP contribution is -1.92. The molecule has 0 aliphatic rings. The molecule has 0 fully saturated rings. The predicted octanol–water partition coefficient (Wildman–Crippen LogP) is -0.383. The van der Waals surface area contributed by atoms with Crippen LogP contribution < -0.4 is 0 Å². The zero-order valence-corrected chi connectivity index (χ0v) is 6.51. The third-order valence-electron chi connectivity index (χ3n) is 0.328. The molecule has 4 N–H and O–H groups in total. The van der Waals surface area contributed by atoms with Crippen LogP contribution in [0.5, 0.6) is 0 Å². The zero-order valence-electron chi connectivity index (χ0n) is 4.72. The van der Waals surface area contributed by atoms with E-state index in [-0.39, 0.29) is 0 Å². The molecular weight excluding hydrogens is 206 g/mol. The summed E-state index contributed by atoms with van der Waals surface area (Å²) in [4.78, 5) is 23.8. The Morgan fingerprint density at radius 3 is 1.73 bits per heavy atom. The van der Waals surface area contributed by atoms with Gasteiger partial charge in [-0.25, -0.2) is 14.4 Å². The van der Waals surface area contributed by atoms with Crippen LogP contribution in [-0.4, -0.2) is 19.9 Å². The van der Waals surface area contributed by atoms with Crippen molar-refractivity contribution in [3.05, 3.63) is 0 Å². The molecule has 0 aliphatic heterocycles. The molecule has 1 unspecified atom stereocenters. The van der Waals surface area contributed by atoms with Crippen LogP contribution in [0.15, 0.2) is 0 Å². The highest BCUT2D eigenvalue weighted by Crippen LogP contribution is 2.48. The van der Waals surface area contributed by atoms with E-state index < -0.39 is 15.6 Å². The number of hydrogen-bond acceptors (Lipinski definition) is 6. The molecule has 0 aromatic carbocycles. The summed E-state index contributed by atoms with van der Waals surface area (Å²) in [5.41, 5.74) is 0. The zero-order chi connectivity index (χ0) is 9.12. The first-order valence-electron chi connectivity index (χ1n) is 1.86. The van der Waals surface area contributed by atoms with Crippen molar-refractivity contribution >= 4 is 15.6 Å². The Kier molecular flexibility index (Phi) is 3.78. The minimum absolute atomic E-state index is 2.75. The van der Waals surface area contributed by atoms with E-state index in [2.05, 4.69) is 14.0 Å². The van der Waals surface area contributed by atoms with Crippen molar-refractivity contribution in [1.82, 2.24) is 0 Å². The largest absolute Gasteiger partial charge is 0.527 e. The highest BCUT2D eigenvalue weighted by molar-refractivity contribution is 7.49. The molecule has 0 aromatic rings. The van der Waals surface area contributed by atoms with Gasteiger partial charge in [0.15, 0.2) is 0 Å². The topological polar surface area (TPSA) is 143 Å². The molecule has 9 nitrogen and oxygen atoms in total. The van der Waals surface area contributed by atoms with E-state index in [1.54, 1.807) is 0 Å². The van der Waals surface area contributed by atoms with E-state index in [4.69, 9.17) is 19.9 Å². The summed E-state index contributed by atoms with van der Waals surface area (Å²) in [5, 5.41) is 7.52. The van der Waals surface area contributed by atoms with Crippen molar-refractivity contribution in [2.24, 2.45) is 0 Å². The summed E-state index contributed by atoms with van der Waals surface area (Å²) >= 11 is 0. The van der Waals surface area contributed by atoms with E-state index >= 15 is 0 Å². The van der Waals surface area contributed by atoms with Gasteiger partial charge in [-0.05, 0) is 0 Å². The van der Waals surface area contributed by atoms with Gasteiger partial charge in [-0.15, -0.1) is 14.0 Å². The van der Waals surface area contributed by atoms with Crippen molar-refractivity contribution in [3.8, 4) is 0 Å². The molecular formula is H4O9P2. The Morgan fingerprint density at radius 2 is 1.45 bits per heavy atom. The fourth-order valence-corrected chi connectivity index (χ4v) is 0.811. The molecule has 0 saturated heterocycles. The van der Waals surface area contributed by atoms with Crippen LogP contribution in [0.3, 0.4) is 0 Å². The fourth-order valence-electron chi connectivity index (χ4n) is 0.0992. The monoisotopic (exact) mass is 210 g/mol. The van der Waals surface area contributed by atoms with Crippen LogP contribution in [0, 0.1) is 0 Å². The molecule has 0 rings (SSSR count). The predicted molar refractivity (Wildman–Crippen MR) is 27.8 cm³/mol. The van der Waals surface area contributed by atoms with Crippen LogP contribution in [0.4, 0.5) is 0 Å². The van der Waals surface area contributed by atoms with Gasteiger partial charge >= 0.3 is 15.6 Å². The maximum Gasteiger partial charge on any atom is 0.527 e. The van der Waals surface area contributed by atoms with Gasteiger partial charge in [0, 0.05) is 0 Å². The smallest absolute Gasteiger partial charge is 0.301 e. The maximum absolute atomic E-state index is 10.0. The summed E-state index contributed by atoms with van der Waals surface area (Å²) in [6.07, 6.45) is 0. The quantitative estimate of drug-likeness (QED) is 0.277. The third kappa shape index (κ3) is 6.57. The Morgan fingerprint density at radius 1 is 1.00 bits per heavy atom. The van der Waals surface area contributed by atoms with Crippen LogP contribution in [0.1, 0.15) is 0 Å². The van der Waals surface area contributed by atoms with Gasteiger partial charge in [-0.2, -0.15) is 0 Å². The van der Waals surface area contributed by atoms with Gasteiger partial charge in [0.2, 0.25) is 0 Å². The van der Waals surface area contributed by atoms with E-state index in [1.807, 2.05) is 0 Å². The standard InChI is InChI=1S/H4O9P2/c1-7-11(5,6)9-8-10(2,3)4/h1H,(H,5,6)(H2,2,3,4). The van der Waals surface area contributed by atoms with E-state index in [0.717, 1.165) is 0 Å². The first kappa shape index (κ1) is 11.2. The first-order chi connectivity index (χ1) is 4.77. The minimum Gasteiger partial charge on any atom is -0.301 e. The van der Waals surface area contributed by atoms with Crippen molar-refractivity contribution in [1.29, 1.82) is 0 Å². The molecule has 0 aromatic heterocycles. The second kappa shape index (κ2) is 3.72. The van der Waals surface area contributed by atoms with Gasteiger partial charge in [0.05, 0.1) is 0 Å². The molecule has 11 heavy (non-hydrogen) atoms. The molecule has 1 atom stereocenters. The van der Waals surface area contributed by atoms with Gasteiger partial charge in [0.25, 0.3) is 0 Å². The molecule has 0 radical (unpaired) electrons. The van der Waals surface area contributed by atoms with Crippen molar-refractivity contribution in [2.75, 3.05) is 0 Å². The minimum atomic E-state index is -5.02. The molecule has 11 heteroatoms. The summed E-state index contributed by atoms with van der Waals surface area (Å²) in [6.45, 7) is 0. The molecule has 0 aliphatic carbocycles. The van der Waals surface area contributed by atoms with Crippen LogP contribution in [-0.2, 0) is 23.2 Å². The SMILES string of the molecule is O=P(O)(O)OOP(=O)(O)OO. The summed E-state index contributed by atoms with van der Waals surface area (Å²) in [5.74, 6) is 0. The van der Waals surface area contributed by atoms with Crippen molar-refractivity contribution < 1.29 is 43.1 Å². The maximum atomic E-state index is 10.0. The van der Waals surface area contributed by atoms with E-state index in [9.17, 15) is 9.13 Å². The second-order valence-corrected chi connectivity index (χ2v) is 3.57. The van der Waals surface area contributed by atoms with E-state index in [0.29, 0.717) is 0 Å². The highest BCUT2D eigenvalue weighted by atomic mass is 31.2. The average Bonchev–Trinajstić information content (AvgIpc) is 1.83. The van der Waals surface area contributed by atoms with Gasteiger partial charge < -0.3 is 9.79 Å². The summed E-state index contributed by atoms with van der Waals surface area (Å²) < 4.78 is 28.7. The molecule has 0 saturated carbocycles. The van der Waals surface area contributed by atoms with Gasteiger partial charge in [-0.3, -0.25) is 4.89 Å². The Hall–Kier alpha value is 0.180. The van der Waals surface area contributed by atoms with Crippen LogP contribution in [0.25, 0.3) is 0 Å². The molecule has 68 valence electrons. The highest BCUT2D eigenvalue weighted by Gasteiger charge is 2.28. The van der Waals surface area contributed by atoms with Gasteiger partial charge in [0.1, 0.15) is 0 Å². The lowest BCUT2D eigenvalue weighted by Gasteiger charge is -2.05. The lowest BCUT2D eigenvalue weighted by molar-refractivity contribution is -0.214. The van der Waals surface area contributed by atoms with Crippen molar-refractivity contribution in [3.63, 3.8) is 0 Å². The number of rotatable bonds is 4. The lowest BCUT2D eigenvalue weighted by atomic mass is 14.9.